The van der Waals surface area contributed by atoms with Crippen LogP contribution in [0.15, 0.2) is 42.5 Å². The van der Waals surface area contributed by atoms with E-state index in [0.29, 0.717) is 29.4 Å². The first-order chi connectivity index (χ1) is 16.6. The van der Waals surface area contributed by atoms with E-state index in [4.69, 9.17) is 9.47 Å². The van der Waals surface area contributed by atoms with Crippen LogP contribution in [0.2, 0.25) is 0 Å². The van der Waals surface area contributed by atoms with Crippen molar-refractivity contribution in [1.82, 2.24) is 10.2 Å². The second-order valence-electron chi connectivity index (χ2n) is 10.3. The third-order valence-corrected chi connectivity index (χ3v) is 7.22. The van der Waals surface area contributed by atoms with Crippen LogP contribution in [0, 0.1) is 11.3 Å². The second-order valence-corrected chi connectivity index (χ2v) is 10.3. The Morgan fingerprint density at radius 1 is 1.11 bits per heavy atom. The van der Waals surface area contributed by atoms with Gasteiger partial charge in [0.15, 0.2) is 0 Å². The summed E-state index contributed by atoms with van der Waals surface area (Å²) in [6.45, 7) is 7.32. The van der Waals surface area contributed by atoms with Gasteiger partial charge in [-0.3, -0.25) is 4.90 Å². The minimum Gasteiger partial charge on any atom is -0.493 e. The maximum atomic E-state index is 12.9. The van der Waals surface area contributed by atoms with Crippen molar-refractivity contribution in [3.05, 3.63) is 48.0 Å². The van der Waals surface area contributed by atoms with Gasteiger partial charge in [0.1, 0.15) is 17.6 Å². The average Bonchev–Trinajstić information content (AvgIpc) is 2.80. The molecule has 6 rings (SSSR count). The molecule has 2 bridgehead atoms. The number of piperidine rings is 3. The minimum absolute atomic E-state index is 0.0894. The summed E-state index contributed by atoms with van der Waals surface area (Å²) in [5.74, 6) is 0.710. The van der Waals surface area contributed by atoms with Gasteiger partial charge in [0.25, 0.3) is 0 Å². The van der Waals surface area contributed by atoms with E-state index in [2.05, 4.69) is 15.0 Å². The number of alkyl halides is 3. The largest absolute Gasteiger partial charge is 0.573 e. The van der Waals surface area contributed by atoms with E-state index in [1.165, 1.54) is 18.2 Å². The van der Waals surface area contributed by atoms with Crippen LogP contribution in [0.4, 0.5) is 18.0 Å². The fourth-order valence-corrected chi connectivity index (χ4v) is 5.33. The van der Waals surface area contributed by atoms with E-state index in [9.17, 15) is 18.0 Å². The SMILES string of the molecule is CC1(C)COc2cc(-c3cccc(OC(F)(F)F)c3)ccc2C1NC(=O)O[C@@H]1CN2CCC1CC2. The van der Waals surface area contributed by atoms with Crippen molar-refractivity contribution in [3.8, 4) is 22.6 Å². The monoisotopic (exact) mass is 490 g/mol. The highest BCUT2D eigenvalue weighted by Gasteiger charge is 2.41. The molecule has 6 nitrogen and oxygen atoms in total. The highest BCUT2D eigenvalue weighted by molar-refractivity contribution is 5.71. The molecule has 35 heavy (non-hydrogen) atoms. The van der Waals surface area contributed by atoms with Crippen molar-refractivity contribution in [1.29, 1.82) is 0 Å². The maximum absolute atomic E-state index is 12.9. The molecule has 4 heterocycles. The number of nitrogens with zero attached hydrogens (tertiary/aromatic N) is 1. The van der Waals surface area contributed by atoms with E-state index in [-0.39, 0.29) is 23.3 Å². The Balaban J connectivity index is 1.34. The predicted molar refractivity (Wildman–Crippen MR) is 123 cm³/mol. The van der Waals surface area contributed by atoms with Gasteiger partial charge in [-0.1, -0.05) is 38.1 Å². The zero-order valence-corrected chi connectivity index (χ0v) is 19.7. The summed E-state index contributed by atoms with van der Waals surface area (Å²) in [7, 11) is 0. The molecule has 0 radical (unpaired) electrons. The normalized spacial score (nSPS) is 26.9. The lowest BCUT2D eigenvalue weighted by molar-refractivity contribution is -0.274. The van der Waals surface area contributed by atoms with Crippen LogP contribution in [-0.2, 0) is 4.74 Å². The number of hydrogen-bond acceptors (Lipinski definition) is 5. The van der Waals surface area contributed by atoms with E-state index >= 15 is 0 Å². The molecule has 0 saturated carbocycles. The Morgan fingerprint density at radius 2 is 1.86 bits per heavy atom. The molecule has 0 aliphatic carbocycles. The number of amides is 1. The van der Waals surface area contributed by atoms with Gasteiger partial charge >= 0.3 is 12.5 Å². The van der Waals surface area contributed by atoms with Gasteiger partial charge in [-0.2, -0.15) is 0 Å². The van der Waals surface area contributed by atoms with Crippen LogP contribution < -0.4 is 14.8 Å². The number of halogens is 3. The molecule has 4 aliphatic rings. The average molecular weight is 491 g/mol. The predicted octanol–water partition coefficient (Wildman–Crippen LogP) is 5.53. The van der Waals surface area contributed by atoms with Crippen molar-refractivity contribution in [2.45, 2.75) is 45.2 Å². The topological polar surface area (TPSA) is 60.0 Å². The first kappa shape index (κ1) is 23.8. The maximum Gasteiger partial charge on any atom is 0.573 e. The van der Waals surface area contributed by atoms with E-state index in [0.717, 1.165) is 38.0 Å². The molecule has 188 valence electrons. The Bertz CT molecular complexity index is 1100. The molecule has 1 amide bonds. The van der Waals surface area contributed by atoms with Crippen LogP contribution in [0.5, 0.6) is 11.5 Å². The molecule has 1 unspecified atom stereocenters. The van der Waals surface area contributed by atoms with Gasteiger partial charge in [0.05, 0.1) is 12.6 Å². The van der Waals surface area contributed by atoms with Crippen LogP contribution in [-0.4, -0.2) is 49.7 Å². The summed E-state index contributed by atoms with van der Waals surface area (Å²) < 4.78 is 53.8. The molecule has 0 spiro atoms. The summed E-state index contributed by atoms with van der Waals surface area (Å²) >= 11 is 0. The number of ether oxygens (including phenoxy) is 3. The first-order valence-corrected chi connectivity index (χ1v) is 11.9. The van der Waals surface area contributed by atoms with Gasteiger partial charge in [-0.15, -0.1) is 13.2 Å². The highest BCUT2D eigenvalue weighted by atomic mass is 19.4. The fraction of sp³-hybridized carbons (Fsp3) is 0.500. The number of rotatable bonds is 4. The number of alkyl carbamates (subject to hydrolysis) is 1. The molecule has 2 atom stereocenters. The molecule has 3 fully saturated rings. The lowest BCUT2D eigenvalue weighted by Gasteiger charge is -2.44. The van der Waals surface area contributed by atoms with Crippen molar-refractivity contribution in [2.24, 2.45) is 11.3 Å². The summed E-state index contributed by atoms with van der Waals surface area (Å²) in [6.07, 6.45) is -3.17. The van der Waals surface area contributed by atoms with Crippen molar-refractivity contribution < 1.29 is 32.2 Å². The smallest absolute Gasteiger partial charge is 0.493 e. The van der Waals surface area contributed by atoms with Gasteiger partial charge < -0.3 is 19.5 Å². The lowest BCUT2D eigenvalue weighted by atomic mass is 9.78. The quantitative estimate of drug-likeness (QED) is 0.611. The van der Waals surface area contributed by atoms with Gasteiger partial charge in [-0.25, -0.2) is 4.79 Å². The molecule has 2 aromatic rings. The van der Waals surface area contributed by atoms with Gasteiger partial charge in [-0.05, 0) is 61.2 Å². The van der Waals surface area contributed by atoms with E-state index in [1.54, 1.807) is 12.1 Å². The first-order valence-electron chi connectivity index (χ1n) is 11.9. The van der Waals surface area contributed by atoms with Crippen LogP contribution in [0.3, 0.4) is 0 Å². The molecule has 3 saturated heterocycles. The molecular formula is C26H29F3N2O4. The van der Waals surface area contributed by atoms with Gasteiger partial charge in [0.2, 0.25) is 0 Å². The Morgan fingerprint density at radius 3 is 2.54 bits per heavy atom. The second kappa shape index (κ2) is 8.93. The lowest BCUT2D eigenvalue weighted by Crippen LogP contribution is -2.53. The number of carbonyl (C=O) groups excluding carboxylic acids is 1. The van der Waals surface area contributed by atoms with E-state index in [1.807, 2.05) is 26.0 Å². The number of hydrogen-bond donors (Lipinski definition) is 1. The molecule has 2 aromatic carbocycles. The highest BCUT2D eigenvalue weighted by Crippen LogP contribution is 2.44. The van der Waals surface area contributed by atoms with Crippen molar-refractivity contribution in [3.63, 3.8) is 0 Å². The zero-order valence-electron chi connectivity index (χ0n) is 19.7. The number of benzene rings is 2. The summed E-state index contributed by atoms with van der Waals surface area (Å²) in [5, 5.41) is 3.06. The summed E-state index contributed by atoms with van der Waals surface area (Å²) in [5.41, 5.74) is 1.67. The molecule has 1 N–H and O–H groups in total. The summed E-state index contributed by atoms with van der Waals surface area (Å²) in [6, 6.07) is 10.9. The number of fused-ring (bicyclic) bond motifs is 4. The minimum atomic E-state index is -4.76. The molecular weight excluding hydrogens is 461 g/mol. The van der Waals surface area contributed by atoms with Crippen LogP contribution in [0.1, 0.15) is 38.3 Å². The molecule has 9 heteroatoms. The van der Waals surface area contributed by atoms with Crippen LogP contribution in [0.25, 0.3) is 11.1 Å². The number of carbonyl (C=O) groups is 1. The molecule has 4 aliphatic heterocycles. The molecule has 0 aromatic heterocycles. The van der Waals surface area contributed by atoms with Crippen molar-refractivity contribution in [2.75, 3.05) is 26.2 Å². The fourth-order valence-electron chi connectivity index (χ4n) is 5.33. The van der Waals surface area contributed by atoms with E-state index < -0.39 is 12.5 Å². The van der Waals surface area contributed by atoms with Crippen LogP contribution >= 0.6 is 0 Å². The third-order valence-electron chi connectivity index (χ3n) is 7.22. The third kappa shape index (κ3) is 5.19. The zero-order chi connectivity index (χ0) is 24.8. The summed E-state index contributed by atoms with van der Waals surface area (Å²) in [4.78, 5) is 15.2. The van der Waals surface area contributed by atoms with Gasteiger partial charge in [0, 0.05) is 17.5 Å². The number of nitrogens with one attached hydrogen (secondary N) is 1. The van der Waals surface area contributed by atoms with Crippen molar-refractivity contribution >= 4 is 6.09 Å². The Hall–Kier alpha value is -2.94. The Kier molecular flexibility index (Phi) is 6.07. The standard InChI is InChI=1S/C26H29F3N2O4/c1-25(2)15-33-21-13-18(17-4-3-5-19(12-17)35-26(27,28)29)6-7-20(21)23(25)30-24(32)34-22-14-31-10-8-16(22)9-11-31/h3-7,12-13,16,22-23H,8-11,14-15H2,1-2H3,(H,30,32)/t22-,23?/m1/s1. The Labute approximate surface area is 202 Å².